The number of rotatable bonds is 6. The normalized spacial score (nSPS) is 22.4. The summed E-state index contributed by atoms with van der Waals surface area (Å²) in [6, 6.07) is 5.01. The lowest BCUT2D eigenvalue weighted by atomic mass is 9.88. The lowest BCUT2D eigenvalue weighted by molar-refractivity contribution is 0.0666. The number of nitrogens with zero attached hydrogens (tertiary/aromatic N) is 3. The Morgan fingerprint density at radius 1 is 1.17 bits per heavy atom. The van der Waals surface area contributed by atoms with E-state index in [0.29, 0.717) is 38.3 Å². The fourth-order valence-corrected chi connectivity index (χ4v) is 8.36. The number of anilines is 2. The zero-order valence-electron chi connectivity index (χ0n) is 21.8. The predicted molar refractivity (Wildman–Crippen MR) is 151 cm³/mol. The van der Waals surface area contributed by atoms with Crippen molar-refractivity contribution in [1.29, 1.82) is 0 Å². The van der Waals surface area contributed by atoms with Crippen LogP contribution in [0, 0.1) is 0 Å². The molecule has 1 aromatic carbocycles. The number of benzene rings is 1. The Kier molecular flexibility index (Phi) is 7.61. The molecular weight excluding hydrogens is 596 g/mol. The van der Waals surface area contributed by atoms with Gasteiger partial charge in [0.15, 0.2) is 32.3 Å². The van der Waals surface area contributed by atoms with Gasteiger partial charge in [-0.05, 0) is 37.5 Å². The first-order chi connectivity index (χ1) is 19.3. The highest BCUT2D eigenvalue weighted by molar-refractivity contribution is 7.92. The molecule has 4 heterocycles. The molecule has 1 amide bonds. The van der Waals surface area contributed by atoms with Gasteiger partial charge in [0.25, 0.3) is 5.91 Å². The van der Waals surface area contributed by atoms with Gasteiger partial charge in [-0.1, -0.05) is 17.7 Å². The maximum atomic E-state index is 13.3. The minimum absolute atomic E-state index is 0.0616. The molecule has 3 fully saturated rings. The van der Waals surface area contributed by atoms with E-state index in [-0.39, 0.29) is 56.8 Å². The number of nitrogens with two attached hydrogens (primary N) is 2. The second-order valence-corrected chi connectivity index (χ2v) is 14.7. The van der Waals surface area contributed by atoms with Crippen LogP contribution in [0.2, 0.25) is 5.15 Å². The molecule has 3 aliphatic heterocycles. The molecule has 7 N–H and O–H groups in total. The molecule has 1 atom stereocenters. The van der Waals surface area contributed by atoms with Gasteiger partial charge in [-0.2, -0.15) is 0 Å². The number of nitrogens with one attached hydrogen (secondary N) is 3. The summed E-state index contributed by atoms with van der Waals surface area (Å²) in [5, 5.41) is 6.38. The number of sulfone groups is 1. The van der Waals surface area contributed by atoms with Crippen molar-refractivity contribution in [3.05, 3.63) is 52.6 Å². The number of nitrogen functional groups attached to an aromatic ring is 2. The van der Waals surface area contributed by atoms with Gasteiger partial charge in [0.05, 0.1) is 21.9 Å². The molecular formula is C24H29ClN8O6S2. The first-order valence-corrected chi connectivity index (χ1v) is 16.4. The number of carbonyl (C=O) groups excluding carboxylic acids is 2. The van der Waals surface area contributed by atoms with Gasteiger partial charge in [-0.15, -0.1) is 0 Å². The van der Waals surface area contributed by atoms with Crippen LogP contribution in [0.1, 0.15) is 40.1 Å². The summed E-state index contributed by atoms with van der Waals surface area (Å²) in [5.41, 5.74) is 11.0. The Morgan fingerprint density at radius 3 is 2.59 bits per heavy atom. The Hall–Kier alpha value is -3.47. The minimum atomic E-state index is -4.01. The Morgan fingerprint density at radius 2 is 1.90 bits per heavy atom. The lowest BCUT2D eigenvalue weighted by Crippen LogP contribution is -2.53. The maximum Gasteiger partial charge on any atom is 0.253 e. The van der Waals surface area contributed by atoms with E-state index in [4.69, 9.17) is 23.1 Å². The average Bonchev–Trinajstić information content (AvgIpc) is 3.47. The molecule has 5 rings (SSSR count). The van der Waals surface area contributed by atoms with Crippen LogP contribution in [-0.4, -0.2) is 86.1 Å². The predicted octanol–water partition coefficient (Wildman–Crippen LogP) is -0.348. The molecule has 1 aromatic heterocycles. The van der Waals surface area contributed by atoms with E-state index in [1.165, 1.54) is 24.3 Å². The molecule has 3 aliphatic rings. The lowest BCUT2D eigenvalue weighted by Gasteiger charge is -2.39. The third kappa shape index (κ3) is 6.24. The molecule has 0 aliphatic carbocycles. The standard InChI is InChI=1S/C24H29ClN8O6S2/c25-20-22(27)30-21(26)19(29-20)17(34)11-18-28-13-24(31-18)5-7-33(8-6-24)23(35)14-2-1-3-16(10-14)41(38,39)32-15-4-9-40(36,37)12-15/h1-3,10-11,15,28,31-32H,4-9,12-13H2,(H4,26,27,30)/b18-11+. The fraction of sp³-hybridized carbons (Fsp3) is 0.417. The van der Waals surface area contributed by atoms with Crippen LogP contribution in [0.15, 0.2) is 41.1 Å². The Labute approximate surface area is 241 Å². The number of aromatic nitrogens is 2. The second kappa shape index (κ2) is 10.7. The number of ketones is 1. The van der Waals surface area contributed by atoms with Gasteiger partial charge in [-0.3, -0.25) is 9.59 Å². The number of piperidine rings is 1. The van der Waals surface area contributed by atoms with Crippen molar-refractivity contribution in [3.63, 3.8) is 0 Å². The molecule has 17 heteroatoms. The quantitative estimate of drug-likeness (QED) is 0.206. The number of sulfonamides is 1. The number of halogens is 1. The number of hydrogen-bond donors (Lipinski definition) is 5. The van der Waals surface area contributed by atoms with Gasteiger partial charge >= 0.3 is 0 Å². The Bertz CT molecular complexity index is 1660. The van der Waals surface area contributed by atoms with Crippen molar-refractivity contribution in [2.45, 2.75) is 35.7 Å². The molecule has 0 saturated carbocycles. The molecule has 220 valence electrons. The van der Waals surface area contributed by atoms with E-state index in [0.717, 1.165) is 0 Å². The smallest absolute Gasteiger partial charge is 0.253 e. The number of allylic oxidation sites excluding steroid dienone is 1. The zero-order chi connectivity index (χ0) is 29.6. The molecule has 1 unspecified atom stereocenters. The summed E-state index contributed by atoms with van der Waals surface area (Å²) in [7, 11) is -7.27. The van der Waals surface area contributed by atoms with Crippen molar-refractivity contribution < 1.29 is 26.4 Å². The average molecular weight is 625 g/mol. The number of carbonyl (C=O) groups is 2. The monoisotopic (exact) mass is 624 g/mol. The van der Waals surface area contributed by atoms with E-state index in [1.807, 2.05) is 0 Å². The van der Waals surface area contributed by atoms with Gasteiger partial charge < -0.3 is 27.0 Å². The van der Waals surface area contributed by atoms with Crippen LogP contribution in [0.4, 0.5) is 11.6 Å². The molecule has 2 aromatic rings. The maximum absolute atomic E-state index is 13.3. The van der Waals surface area contributed by atoms with Crippen LogP contribution >= 0.6 is 11.6 Å². The number of amides is 1. The summed E-state index contributed by atoms with van der Waals surface area (Å²) in [6.45, 7) is 1.32. The summed E-state index contributed by atoms with van der Waals surface area (Å²) in [6.07, 6.45) is 2.67. The van der Waals surface area contributed by atoms with Crippen molar-refractivity contribution in [2.75, 3.05) is 42.6 Å². The number of hydrogen-bond acceptors (Lipinski definition) is 12. The Balaban J connectivity index is 1.21. The van der Waals surface area contributed by atoms with E-state index in [2.05, 4.69) is 25.3 Å². The third-order valence-corrected chi connectivity index (χ3v) is 10.9. The molecule has 0 bridgehead atoms. The van der Waals surface area contributed by atoms with Crippen molar-refractivity contribution in [2.24, 2.45) is 0 Å². The largest absolute Gasteiger partial charge is 0.382 e. The van der Waals surface area contributed by atoms with Gasteiger partial charge in [0.2, 0.25) is 15.8 Å². The van der Waals surface area contributed by atoms with Crippen molar-refractivity contribution >= 4 is 54.8 Å². The number of likely N-dealkylation sites (tertiary alicyclic amines) is 1. The van der Waals surface area contributed by atoms with Crippen LogP contribution < -0.4 is 26.8 Å². The summed E-state index contributed by atoms with van der Waals surface area (Å²) in [4.78, 5) is 35.3. The van der Waals surface area contributed by atoms with Gasteiger partial charge in [-0.25, -0.2) is 31.5 Å². The van der Waals surface area contributed by atoms with E-state index in [9.17, 15) is 26.4 Å². The highest BCUT2D eigenvalue weighted by atomic mass is 35.5. The van der Waals surface area contributed by atoms with Gasteiger partial charge in [0.1, 0.15) is 5.82 Å². The first-order valence-electron chi connectivity index (χ1n) is 12.7. The molecule has 1 spiro atoms. The summed E-state index contributed by atoms with van der Waals surface area (Å²) in [5.74, 6) is -0.851. The van der Waals surface area contributed by atoms with Crippen LogP contribution in [0.25, 0.3) is 0 Å². The molecule has 41 heavy (non-hydrogen) atoms. The fourth-order valence-electron chi connectivity index (χ4n) is 5.14. The molecule has 0 radical (unpaired) electrons. The van der Waals surface area contributed by atoms with Crippen LogP contribution in [0.3, 0.4) is 0 Å². The summed E-state index contributed by atoms with van der Waals surface area (Å²) >= 11 is 5.88. The minimum Gasteiger partial charge on any atom is -0.382 e. The first kappa shape index (κ1) is 29.0. The van der Waals surface area contributed by atoms with E-state index >= 15 is 0 Å². The SMILES string of the molecule is Nc1nc(N)c(C(=O)/C=C2\NCC3(CCN(C(=O)c4cccc(S(=O)(=O)NC5CCS(=O)(=O)C5)c4)CC3)N2)nc1Cl. The molecule has 14 nitrogen and oxygen atoms in total. The second-order valence-electron chi connectivity index (χ2n) is 10.4. The summed E-state index contributed by atoms with van der Waals surface area (Å²) < 4.78 is 51.6. The van der Waals surface area contributed by atoms with Gasteiger partial charge in [0, 0.05) is 37.3 Å². The molecule has 3 saturated heterocycles. The van der Waals surface area contributed by atoms with E-state index < -0.39 is 37.2 Å². The van der Waals surface area contributed by atoms with Crippen LogP contribution in [-0.2, 0) is 19.9 Å². The van der Waals surface area contributed by atoms with Crippen LogP contribution in [0.5, 0.6) is 0 Å². The highest BCUT2D eigenvalue weighted by Crippen LogP contribution is 2.28. The highest BCUT2D eigenvalue weighted by Gasteiger charge is 2.40. The topological polar surface area (TPSA) is 220 Å². The van der Waals surface area contributed by atoms with Crippen molar-refractivity contribution in [3.8, 4) is 0 Å². The van der Waals surface area contributed by atoms with E-state index in [1.54, 1.807) is 11.0 Å². The third-order valence-electron chi connectivity index (χ3n) is 7.38. The van der Waals surface area contributed by atoms with Crippen molar-refractivity contribution in [1.82, 2.24) is 30.2 Å². The zero-order valence-corrected chi connectivity index (χ0v) is 24.2.